The summed E-state index contributed by atoms with van der Waals surface area (Å²) in [7, 11) is 2.58. The first kappa shape index (κ1) is 11.7. The molecule has 0 saturated heterocycles. The number of rotatable bonds is 3. The number of ether oxygens (including phenoxy) is 2. The fourth-order valence-corrected chi connectivity index (χ4v) is 0.760. The summed E-state index contributed by atoms with van der Waals surface area (Å²) in [6.45, 7) is 3.38. The van der Waals surface area contributed by atoms with Crippen LogP contribution in [0.3, 0.4) is 0 Å². The molecule has 1 amide bonds. The first-order valence-electron chi connectivity index (χ1n) is 3.95. The third-order valence-corrected chi connectivity index (χ3v) is 1.85. The first-order valence-corrected chi connectivity index (χ1v) is 3.95. The molecule has 0 fully saturated rings. The van der Waals surface area contributed by atoms with Crippen LogP contribution in [0.25, 0.3) is 0 Å². The Morgan fingerprint density at radius 3 is 2.08 bits per heavy atom. The largest absolute Gasteiger partial charge is 0.469 e. The second kappa shape index (κ2) is 5.40. The molecule has 0 aromatic heterocycles. The molecule has 0 aliphatic heterocycles. The van der Waals surface area contributed by atoms with Gasteiger partial charge in [0.1, 0.15) is 0 Å². The van der Waals surface area contributed by atoms with Gasteiger partial charge in [-0.05, 0) is 13.8 Å². The minimum absolute atomic E-state index is 0.306. The van der Waals surface area contributed by atoms with Crippen LogP contribution in [-0.2, 0) is 14.3 Å². The van der Waals surface area contributed by atoms with E-state index >= 15 is 0 Å². The van der Waals surface area contributed by atoms with E-state index in [0.717, 1.165) is 0 Å². The average molecular weight is 189 g/mol. The summed E-state index contributed by atoms with van der Waals surface area (Å²) < 4.78 is 8.90. The van der Waals surface area contributed by atoms with Crippen molar-refractivity contribution in [3.63, 3.8) is 0 Å². The van der Waals surface area contributed by atoms with Gasteiger partial charge in [-0.15, -0.1) is 0 Å². The average Bonchev–Trinajstić information content (AvgIpc) is 2.14. The summed E-state index contributed by atoms with van der Waals surface area (Å²) in [5.41, 5.74) is 0. The standard InChI is InChI=1S/C8H15NO4/c1-5(7(10)12-3)6(2)9-8(11)13-4/h5-6H,1-4H3,(H,9,11)/t5-,6+/m1/s1. The second-order valence-corrected chi connectivity index (χ2v) is 2.74. The Kier molecular flexibility index (Phi) is 4.87. The molecular formula is C8H15NO4. The van der Waals surface area contributed by atoms with E-state index in [9.17, 15) is 9.59 Å². The van der Waals surface area contributed by atoms with Crippen LogP contribution in [0.4, 0.5) is 4.79 Å². The summed E-state index contributed by atoms with van der Waals surface area (Å²) in [6.07, 6.45) is -0.553. The van der Waals surface area contributed by atoms with Gasteiger partial charge in [-0.3, -0.25) is 4.79 Å². The van der Waals surface area contributed by atoms with Gasteiger partial charge in [-0.25, -0.2) is 4.79 Å². The molecule has 0 spiro atoms. The zero-order valence-corrected chi connectivity index (χ0v) is 8.29. The summed E-state index contributed by atoms with van der Waals surface area (Å²) in [6, 6.07) is -0.306. The number of alkyl carbamates (subject to hydrolysis) is 1. The van der Waals surface area contributed by atoms with Gasteiger partial charge in [0.05, 0.1) is 20.1 Å². The van der Waals surface area contributed by atoms with Gasteiger partial charge >= 0.3 is 12.1 Å². The zero-order valence-electron chi connectivity index (χ0n) is 8.29. The number of amides is 1. The molecule has 0 aliphatic rings. The minimum Gasteiger partial charge on any atom is -0.469 e. The van der Waals surface area contributed by atoms with Crippen LogP contribution >= 0.6 is 0 Å². The number of nitrogens with one attached hydrogen (secondary N) is 1. The molecule has 76 valence electrons. The molecule has 5 heteroatoms. The maximum Gasteiger partial charge on any atom is 0.407 e. The van der Waals surface area contributed by atoms with Crippen LogP contribution in [0.15, 0.2) is 0 Å². The van der Waals surface area contributed by atoms with E-state index in [-0.39, 0.29) is 17.9 Å². The third-order valence-electron chi connectivity index (χ3n) is 1.85. The van der Waals surface area contributed by atoms with Crippen molar-refractivity contribution in [3.8, 4) is 0 Å². The van der Waals surface area contributed by atoms with Gasteiger partial charge < -0.3 is 14.8 Å². The monoisotopic (exact) mass is 189 g/mol. The SMILES string of the molecule is COC(=O)N[C@@H](C)[C@@H](C)C(=O)OC. The number of carbonyl (C=O) groups is 2. The van der Waals surface area contributed by atoms with Crippen molar-refractivity contribution in [2.45, 2.75) is 19.9 Å². The van der Waals surface area contributed by atoms with E-state index in [4.69, 9.17) is 0 Å². The highest BCUT2D eigenvalue weighted by Gasteiger charge is 2.22. The zero-order chi connectivity index (χ0) is 10.4. The van der Waals surface area contributed by atoms with Crippen LogP contribution in [-0.4, -0.2) is 32.3 Å². The van der Waals surface area contributed by atoms with E-state index in [0.29, 0.717) is 0 Å². The molecule has 0 rings (SSSR count). The lowest BCUT2D eigenvalue weighted by Gasteiger charge is -2.17. The number of hydrogen-bond donors (Lipinski definition) is 1. The smallest absolute Gasteiger partial charge is 0.407 e. The Morgan fingerprint density at radius 2 is 1.69 bits per heavy atom. The highest BCUT2D eigenvalue weighted by Crippen LogP contribution is 2.04. The van der Waals surface area contributed by atoms with Gasteiger partial charge in [0, 0.05) is 6.04 Å². The predicted molar refractivity (Wildman–Crippen MR) is 46.2 cm³/mol. The van der Waals surface area contributed by atoms with Gasteiger partial charge in [0.25, 0.3) is 0 Å². The quantitative estimate of drug-likeness (QED) is 0.658. The molecule has 0 unspecified atom stereocenters. The Balaban J connectivity index is 4.02. The fraction of sp³-hybridized carbons (Fsp3) is 0.750. The van der Waals surface area contributed by atoms with Crippen molar-refractivity contribution in [2.24, 2.45) is 5.92 Å². The van der Waals surface area contributed by atoms with Crippen LogP contribution in [0, 0.1) is 5.92 Å². The Morgan fingerprint density at radius 1 is 1.15 bits per heavy atom. The van der Waals surface area contributed by atoms with Crippen LogP contribution in [0.5, 0.6) is 0 Å². The highest BCUT2D eigenvalue weighted by atomic mass is 16.5. The van der Waals surface area contributed by atoms with Crippen molar-refractivity contribution in [3.05, 3.63) is 0 Å². The van der Waals surface area contributed by atoms with E-state index < -0.39 is 6.09 Å². The molecule has 0 aromatic carbocycles. The lowest BCUT2D eigenvalue weighted by atomic mass is 10.0. The molecule has 0 bridgehead atoms. The maximum atomic E-state index is 11.0. The molecule has 0 radical (unpaired) electrons. The molecule has 0 saturated carbocycles. The maximum absolute atomic E-state index is 11.0. The van der Waals surface area contributed by atoms with E-state index in [2.05, 4.69) is 14.8 Å². The molecule has 0 aliphatic carbocycles. The van der Waals surface area contributed by atoms with Crippen molar-refractivity contribution < 1.29 is 19.1 Å². The summed E-state index contributed by atoms with van der Waals surface area (Å²) >= 11 is 0. The van der Waals surface area contributed by atoms with Crippen molar-refractivity contribution >= 4 is 12.1 Å². The molecule has 1 N–H and O–H groups in total. The summed E-state index contributed by atoms with van der Waals surface area (Å²) in [5, 5.41) is 2.48. The lowest BCUT2D eigenvalue weighted by Crippen LogP contribution is -2.40. The van der Waals surface area contributed by atoms with Crippen molar-refractivity contribution in [1.82, 2.24) is 5.32 Å². The van der Waals surface area contributed by atoms with Crippen molar-refractivity contribution in [2.75, 3.05) is 14.2 Å². The molecular weight excluding hydrogens is 174 g/mol. The van der Waals surface area contributed by atoms with Crippen LogP contribution in [0.2, 0.25) is 0 Å². The Bertz CT molecular complexity index is 193. The molecule has 13 heavy (non-hydrogen) atoms. The fourth-order valence-electron chi connectivity index (χ4n) is 0.760. The molecule has 5 nitrogen and oxygen atoms in total. The minimum atomic E-state index is -0.553. The van der Waals surface area contributed by atoms with Crippen LogP contribution in [0.1, 0.15) is 13.8 Å². The normalized spacial score (nSPS) is 14.2. The number of esters is 1. The lowest BCUT2D eigenvalue weighted by molar-refractivity contribution is -0.145. The predicted octanol–water partition coefficient (Wildman–Crippen LogP) is 0.540. The Hall–Kier alpha value is -1.26. The van der Waals surface area contributed by atoms with E-state index in [1.54, 1.807) is 13.8 Å². The second-order valence-electron chi connectivity index (χ2n) is 2.74. The van der Waals surface area contributed by atoms with Crippen LogP contribution < -0.4 is 5.32 Å². The highest BCUT2D eigenvalue weighted by molar-refractivity contribution is 5.74. The van der Waals surface area contributed by atoms with E-state index in [1.165, 1.54) is 14.2 Å². The van der Waals surface area contributed by atoms with Gasteiger partial charge in [0.2, 0.25) is 0 Å². The summed E-state index contributed by atoms with van der Waals surface area (Å²) in [4.78, 5) is 21.8. The van der Waals surface area contributed by atoms with Gasteiger partial charge in [-0.1, -0.05) is 0 Å². The number of hydrogen-bond acceptors (Lipinski definition) is 4. The van der Waals surface area contributed by atoms with E-state index in [1.807, 2.05) is 0 Å². The summed E-state index contributed by atoms with van der Waals surface area (Å²) in [5.74, 6) is -0.743. The van der Waals surface area contributed by atoms with Gasteiger partial charge in [0.15, 0.2) is 0 Å². The van der Waals surface area contributed by atoms with Gasteiger partial charge in [-0.2, -0.15) is 0 Å². The Labute approximate surface area is 77.4 Å². The molecule has 0 aromatic rings. The first-order chi connectivity index (χ1) is 6.02. The number of carbonyl (C=O) groups excluding carboxylic acids is 2. The number of methoxy groups -OCH3 is 2. The topological polar surface area (TPSA) is 64.6 Å². The third kappa shape index (κ3) is 3.78. The molecule has 0 heterocycles. The van der Waals surface area contributed by atoms with Crippen molar-refractivity contribution in [1.29, 1.82) is 0 Å². The molecule has 2 atom stereocenters.